The number of ketones is 1. The summed E-state index contributed by atoms with van der Waals surface area (Å²) in [6.45, 7) is 7.42. The van der Waals surface area contributed by atoms with Crippen LogP contribution in [0.15, 0.2) is 41.5 Å². The summed E-state index contributed by atoms with van der Waals surface area (Å²) in [5.74, 6) is -4.52. The second-order valence-corrected chi connectivity index (χ2v) is 13.9. The van der Waals surface area contributed by atoms with Crippen molar-refractivity contribution in [3.05, 3.63) is 47.0 Å². The Bertz CT molecular complexity index is 1430. The maximum Gasteiger partial charge on any atom is 0.338 e. The SMILES string of the molecule is CC(=O)O[C@@]12CO[C@@H]1C[C@H](O)[C@@]1(C)C(=O)[C@H](OC(=O)C3CC3)C3=C(C)[C@@H](O)C[C@@](O)([C@@H](OC(=O)c4ccccc4)[C@H]21)C3(C)C. The molecular formula is C33H40O11. The average Bonchev–Trinajstić information content (AvgIpc) is 3.81. The van der Waals surface area contributed by atoms with Crippen LogP contribution in [0, 0.1) is 22.7 Å². The molecule has 0 spiro atoms. The van der Waals surface area contributed by atoms with Crippen LogP contribution in [0.1, 0.15) is 70.7 Å². The van der Waals surface area contributed by atoms with Crippen molar-refractivity contribution in [1.29, 1.82) is 0 Å². The fourth-order valence-electron chi connectivity index (χ4n) is 8.27. The lowest BCUT2D eigenvalue weighted by atomic mass is 9.44. The summed E-state index contributed by atoms with van der Waals surface area (Å²) in [6, 6.07) is 8.10. The van der Waals surface area contributed by atoms with Gasteiger partial charge in [0.15, 0.2) is 17.5 Å². The summed E-state index contributed by atoms with van der Waals surface area (Å²) in [4.78, 5) is 54.6. The number of carbonyl (C=O) groups excluding carboxylic acids is 4. The first-order chi connectivity index (χ1) is 20.6. The van der Waals surface area contributed by atoms with E-state index in [4.69, 9.17) is 18.9 Å². The van der Waals surface area contributed by atoms with Gasteiger partial charge >= 0.3 is 17.9 Å². The molecule has 238 valence electrons. The highest BCUT2D eigenvalue weighted by Gasteiger charge is 2.78. The highest BCUT2D eigenvalue weighted by atomic mass is 16.6. The first-order valence-electron chi connectivity index (χ1n) is 15.2. The van der Waals surface area contributed by atoms with E-state index < -0.39 is 82.2 Å². The largest absolute Gasteiger partial charge is 0.455 e. The van der Waals surface area contributed by atoms with Crippen LogP contribution in [0.2, 0.25) is 0 Å². The molecule has 1 aromatic carbocycles. The molecule has 5 aliphatic rings. The number of fused-ring (bicyclic) bond motifs is 5. The molecule has 0 unspecified atom stereocenters. The number of hydrogen-bond donors (Lipinski definition) is 3. The topological polar surface area (TPSA) is 166 Å². The molecule has 1 aromatic rings. The summed E-state index contributed by atoms with van der Waals surface area (Å²) < 4.78 is 24.0. The van der Waals surface area contributed by atoms with Crippen LogP contribution in [-0.2, 0) is 33.3 Å². The van der Waals surface area contributed by atoms with Crippen LogP contribution in [0.4, 0.5) is 0 Å². The molecule has 0 amide bonds. The van der Waals surface area contributed by atoms with E-state index >= 15 is 4.79 Å². The fourth-order valence-corrected chi connectivity index (χ4v) is 8.27. The molecule has 3 N–H and O–H groups in total. The van der Waals surface area contributed by atoms with Crippen LogP contribution in [0.3, 0.4) is 0 Å². The van der Waals surface area contributed by atoms with Crippen molar-refractivity contribution in [3.8, 4) is 0 Å². The second-order valence-electron chi connectivity index (χ2n) is 13.9. The molecule has 9 atom stereocenters. The number of aliphatic hydroxyl groups excluding tert-OH is 2. The van der Waals surface area contributed by atoms with E-state index in [1.54, 1.807) is 39.0 Å². The molecule has 0 aromatic heterocycles. The highest BCUT2D eigenvalue weighted by Crippen LogP contribution is 2.64. The van der Waals surface area contributed by atoms with Gasteiger partial charge in [-0.05, 0) is 50.0 Å². The van der Waals surface area contributed by atoms with Crippen LogP contribution >= 0.6 is 0 Å². The van der Waals surface area contributed by atoms with Crippen molar-refractivity contribution in [2.24, 2.45) is 22.7 Å². The van der Waals surface area contributed by atoms with Gasteiger partial charge in [0.1, 0.15) is 17.8 Å². The number of ether oxygens (including phenoxy) is 4. The van der Waals surface area contributed by atoms with Gasteiger partial charge in [-0.3, -0.25) is 14.4 Å². The quantitative estimate of drug-likeness (QED) is 0.253. The molecule has 1 heterocycles. The molecule has 0 radical (unpaired) electrons. The number of esters is 3. The normalized spacial score (nSPS) is 40.8. The average molecular weight is 613 g/mol. The van der Waals surface area contributed by atoms with Crippen LogP contribution in [0.25, 0.3) is 0 Å². The van der Waals surface area contributed by atoms with Crippen molar-refractivity contribution in [1.82, 2.24) is 0 Å². The third-order valence-corrected chi connectivity index (χ3v) is 11.1. The van der Waals surface area contributed by atoms with E-state index in [0.717, 1.165) is 0 Å². The number of carbonyl (C=O) groups is 4. The zero-order valence-electron chi connectivity index (χ0n) is 25.6. The Morgan fingerprint density at radius 3 is 2.25 bits per heavy atom. The van der Waals surface area contributed by atoms with E-state index in [1.165, 1.54) is 26.0 Å². The Morgan fingerprint density at radius 1 is 1.02 bits per heavy atom. The van der Waals surface area contributed by atoms with Crippen LogP contribution in [-0.4, -0.2) is 87.3 Å². The van der Waals surface area contributed by atoms with Gasteiger partial charge < -0.3 is 34.3 Å². The minimum absolute atomic E-state index is 0.100. The maximum atomic E-state index is 15.0. The van der Waals surface area contributed by atoms with Gasteiger partial charge in [-0.15, -0.1) is 0 Å². The van der Waals surface area contributed by atoms with Crippen molar-refractivity contribution >= 4 is 23.7 Å². The van der Waals surface area contributed by atoms with Crippen molar-refractivity contribution in [2.75, 3.05) is 6.61 Å². The first kappa shape index (κ1) is 30.9. The van der Waals surface area contributed by atoms with Crippen LogP contribution < -0.4 is 0 Å². The summed E-state index contributed by atoms with van der Waals surface area (Å²) in [7, 11) is 0. The lowest BCUT2D eigenvalue weighted by molar-refractivity contribution is -0.346. The first-order valence-corrected chi connectivity index (χ1v) is 15.2. The molecule has 3 saturated carbocycles. The lowest BCUT2D eigenvalue weighted by Crippen LogP contribution is -2.81. The molecule has 1 saturated heterocycles. The lowest BCUT2D eigenvalue weighted by Gasteiger charge is -2.67. The number of Topliss-reactive ketones (excluding diaryl/α,β-unsaturated/α-hetero) is 1. The van der Waals surface area contributed by atoms with Gasteiger partial charge in [0, 0.05) is 25.2 Å². The summed E-state index contributed by atoms with van der Waals surface area (Å²) in [6.07, 6.45) is -5.96. The number of rotatable bonds is 5. The van der Waals surface area contributed by atoms with E-state index in [0.29, 0.717) is 18.4 Å². The molecule has 44 heavy (non-hydrogen) atoms. The third kappa shape index (κ3) is 4.23. The Hall–Kier alpha value is -3.12. The summed E-state index contributed by atoms with van der Waals surface area (Å²) in [5.41, 5.74) is -6.28. The maximum absolute atomic E-state index is 15.0. The van der Waals surface area contributed by atoms with Gasteiger partial charge in [0.05, 0.1) is 41.6 Å². The Labute approximate surface area is 255 Å². The van der Waals surface area contributed by atoms with Crippen molar-refractivity contribution in [3.63, 3.8) is 0 Å². The number of aliphatic hydroxyl groups is 3. The van der Waals surface area contributed by atoms with Crippen molar-refractivity contribution in [2.45, 2.75) is 102 Å². The predicted molar refractivity (Wildman–Crippen MR) is 152 cm³/mol. The van der Waals surface area contributed by atoms with E-state index in [2.05, 4.69) is 0 Å². The van der Waals surface area contributed by atoms with Gasteiger partial charge in [0.25, 0.3) is 0 Å². The zero-order chi connectivity index (χ0) is 32.0. The molecule has 1 aliphatic heterocycles. The molecule has 4 aliphatic carbocycles. The Balaban J connectivity index is 1.62. The fraction of sp³-hybridized carbons (Fsp3) is 0.636. The van der Waals surface area contributed by atoms with Gasteiger partial charge in [-0.25, -0.2) is 4.79 Å². The van der Waals surface area contributed by atoms with Gasteiger partial charge in [-0.1, -0.05) is 32.0 Å². The molecule has 6 rings (SSSR count). The summed E-state index contributed by atoms with van der Waals surface area (Å²) in [5, 5.41) is 36.2. The monoisotopic (exact) mass is 612 g/mol. The number of hydrogen-bond acceptors (Lipinski definition) is 11. The van der Waals surface area contributed by atoms with E-state index in [9.17, 15) is 29.7 Å². The Morgan fingerprint density at radius 2 is 1.68 bits per heavy atom. The molecule has 11 nitrogen and oxygen atoms in total. The molecular weight excluding hydrogens is 572 g/mol. The Kier molecular flexibility index (Phi) is 7.16. The number of benzene rings is 1. The van der Waals surface area contributed by atoms with Crippen molar-refractivity contribution < 1.29 is 53.4 Å². The molecule has 4 fully saturated rings. The van der Waals surface area contributed by atoms with Gasteiger partial charge in [0.2, 0.25) is 0 Å². The predicted octanol–water partition coefficient (Wildman–Crippen LogP) is 2.04. The highest BCUT2D eigenvalue weighted by molar-refractivity contribution is 5.96. The van der Waals surface area contributed by atoms with E-state index in [-0.39, 0.29) is 36.5 Å². The third-order valence-electron chi connectivity index (χ3n) is 11.1. The zero-order valence-corrected chi connectivity index (χ0v) is 25.6. The summed E-state index contributed by atoms with van der Waals surface area (Å²) >= 11 is 0. The smallest absolute Gasteiger partial charge is 0.338 e. The second kappa shape index (κ2) is 10.2. The molecule has 11 heteroatoms. The minimum atomic E-state index is -2.10. The molecule has 2 bridgehead atoms. The van der Waals surface area contributed by atoms with Crippen LogP contribution in [0.5, 0.6) is 0 Å². The van der Waals surface area contributed by atoms with Gasteiger partial charge in [-0.2, -0.15) is 0 Å². The standard InChI is InChI=1S/C33H40O11/c1-16-20(35)14-33(40)27(43-29(39)18-9-7-6-8-10-18)25-31(5,21(36)13-22-32(25,15-41-22)44-17(2)34)26(37)24(23(16)30(33,3)4)42-28(38)19-11-12-19/h6-10,19-22,24-25,27,35-36,40H,11-15H2,1-5H3/t20-,21-,22+,24+,25-,27-,31+,32-,33+/m0/s1. The minimum Gasteiger partial charge on any atom is -0.455 e. The van der Waals surface area contributed by atoms with E-state index in [1.807, 2.05) is 0 Å².